The van der Waals surface area contributed by atoms with Gasteiger partial charge in [-0.25, -0.2) is 0 Å². The van der Waals surface area contributed by atoms with Gasteiger partial charge in [0.1, 0.15) is 11.5 Å². The molecular weight excluding hydrogens is 316 g/mol. The zero-order chi connectivity index (χ0) is 15.6. The van der Waals surface area contributed by atoms with Crippen LogP contribution in [0.4, 0.5) is 5.69 Å². The molecule has 2 rings (SSSR count). The summed E-state index contributed by atoms with van der Waals surface area (Å²) in [6, 6.07) is 11.7. The smallest absolute Gasteiger partial charge is 0.170 e. The number of hydrogen-bond acceptors (Lipinski definition) is 4. The SMILES string of the molecule is CCOc1cccc(NC(=S)NCCSCc2ccco2)c1. The minimum atomic E-state index is 0.618. The summed E-state index contributed by atoms with van der Waals surface area (Å²) in [6.07, 6.45) is 1.70. The Kier molecular flexibility index (Phi) is 7.12. The van der Waals surface area contributed by atoms with Crippen molar-refractivity contribution in [3.8, 4) is 5.75 Å². The van der Waals surface area contributed by atoms with Gasteiger partial charge in [0.15, 0.2) is 5.11 Å². The predicted molar refractivity (Wildman–Crippen MR) is 96.7 cm³/mol. The largest absolute Gasteiger partial charge is 0.494 e. The molecule has 0 aliphatic heterocycles. The maximum absolute atomic E-state index is 5.46. The number of rotatable bonds is 8. The molecule has 1 aromatic carbocycles. The fourth-order valence-corrected chi connectivity index (χ4v) is 2.79. The lowest BCUT2D eigenvalue weighted by Gasteiger charge is -2.11. The fourth-order valence-electron chi connectivity index (χ4n) is 1.81. The highest BCUT2D eigenvalue weighted by molar-refractivity contribution is 7.98. The van der Waals surface area contributed by atoms with E-state index in [1.807, 2.05) is 43.3 Å². The van der Waals surface area contributed by atoms with Crippen molar-refractivity contribution in [2.24, 2.45) is 0 Å². The quantitative estimate of drug-likeness (QED) is 0.563. The molecule has 0 saturated heterocycles. The molecule has 6 heteroatoms. The lowest BCUT2D eigenvalue weighted by atomic mass is 10.3. The summed E-state index contributed by atoms with van der Waals surface area (Å²) in [6.45, 7) is 3.42. The number of thioether (sulfide) groups is 1. The number of anilines is 1. The molecule has 0 fully saturated rings. The molecule has 1 heterocycles. The maximum Gasteiger partial charge on any atom is 0.170 e. The van der Waals surface area contributed by atoms with Gasteiger partial charge in [-0.05, 0) is 43.4 Å². The average Bonchev–Trinajstić information content (AvgIpc) is 3.01. The lowest BCUT2D eigenvalue weighted by Crippen LogP contribution is -2.30. The van der Waals surface area contributed by atoms with Gasteiger partial charge < -0.3 is 19.8 Å². The molecule has 0 bridgehead atoms. The second-order valence-electron chi connectivity index (χ2n) is 4.47. The van der Waals surface area contributed by atoms with E-state index in [1.54, 1.807) is 18.0 Å². The summed E-state index contributed by atoms with van der Waals surface area (Å²) in [5, 5.41) is 6.97. The van der Waals surface area contributed by atoms with E-state index in [0.29, 0.717) is 11.7 Å². The third-order valence-corrected chi connectivity index (χ3v) is 3.99. The Morgan fingerprint density at radius 3 is 3.00 bits per heavy atom. The van der Waals surface area contributed by atoms with Crippen LogP contribution in [0.1, 0.15) is 12.7 Å². The first-order valence-corrected chi connectivity index (χ1v) is 8.72. The number of hydrogen-bond donors (Lipinski definition) is 2. The number of ether oxygens (including phenoxy) is 1. The van der Waals surface area contributed by atoms with E-state index in [1.165, 1.54) is 0 Å². The molecule has 0 aliphatic carbocycles. The van der Waals surface area contributed by atoms with Crippen LogP contribution in [-0.2, 0) is 5.75 Å². The fraction of sp³-hybridized carbons (Fsp3) is 0.312. The second-order valence-corrected chi connectivity index (χ2v) is 5.99. The number of benzene rings is 1. The molecule has 2 aromatic rings. The summed E-state index contributed by atoms with van der Waals surface area (Å²) in [5.41, 5.74) is 0.923. The highest BCUT2D eigenvalue weighted by Gasteiger charge is 2.00. The van der Waals surface area contributed by atoms with Crippen LogP contribution in [0.25, 0.3) is 0 Å². The van der Waals surface area contributed by atoms with E-state index >= 15 is 0 Å². The van der Waals surface area contributed by atoms with Crippen molar-refractivity contribution in [1.82, 2.24) is 5.32 Å². The minimum absolute atomic E-state index is 0.618. The van der Waals surface area contributed by atoms with Crippen LogP contribution in [0.2, 0.25) is 0 Å². The van der Waals surface area contributed by atoms with Gasteiger partial charge in [0.05, 0.1) is 18.6 Å². The van der Waals surface area contributed by atoms with Gasteiger partial charge in [0.25, 0.3) is 0 Å². The Labute approximate surface area is 140 Å². The Hall–Kier alpha value is -1.66. The normalized spacial score (nSPS) is 10.2. The topological polar surface area (TPSA) is 46.4 Å². The summed E-state index contributed by atoms with van der Waals surface area (Å²) in [4.78, 5) is 0. The van der Waals surface area contributed by atoms with Gasteiger partial charge in [-0.15, -0.1) is 0 Å². The second kappa shape index (κ2) is 9.38. The monoisotopic (exact) mass is 336 g/mol. The van der Waals surface area contributed by atoms with Crippen LogP contribution in [0.3, 0.4) is 0 Å². The van der Waals surface area contributed by atoms with Gasteiger partial charge in [-0.2, -0.15) is 11.8 Å². The van der Waals surface area contributed by atoms with Crippen molar-refractivity contribution < 1.29 is 9.15 Å². The van der Waals surface area contributed by atoms with Crippen molar-refractivity contribution >= 4 is 34.8 Å². The standard InChI is InChI=1S/C16H20N2O2S2/c1-2-19-14-6-3-5-13(11-14)18-16(21)17-8-10-22-12-15-7-4-9-20-15/h3-7,9,11H,2,8,10,12H2,1H3,(H2,17,18,21). The number of thiocarbonyl (C=S) groups is 1. The minimum Gasteiger partial charge on any atom is -0.494 e. The molecule has 0 spiro atoms. The van der Waals surface area contributed by atoms with Gasteiger partial charge in [0, 0.05) is 24.1 Å². The average molecular weight is 336 g/mol. The van der Waals surface area contributed by atoms with Crippen LogP contribution in [0.15, 0.2) is 47.1 Å². The molecule has 0 aliphatic rings. The summed E-state index contributed by atoms with van der Waals surface area (Å²) in [5.74, 6) is 3.68. The molecule has 0 amide bonds. The molecule has 4 nitrogen and oxygen atoms in total. The van der Waals surface area contributed by atoms with Gasteiger partial charge >= 0.3 is 0 Å². The summed E-state index contributed by atoms with van der Waals surface area (Å²) >= 11 is 7.09. The summed E-state index contributed by atoms with van der Waals surface area (Å²) in [7, 11) is 0. The highest BCUT2D eigenvalue weighted by Crippen LogP contribution is 2.17. The molecule has 0 unspecified atom stereocenters. The first-order valence-electron chi connectivity index (χ1n) is 7.16. The molecule has 22 heavy (non-hydrogen) atoms. The van der Waals surface area contributed by atoms with E-state index in [0.717, 1.165) is 35.2 Å². The third-order valence-electron chi connectivity index (χ3n) is 2.76. The Balaban J connectivity index is 1.64. The lowest BCUT2D eigenvalue weighted by molar-refractivity contribution is 0.340. The predicted octanol–water partition coefficient (Wildman–Crippen LogP) is 3.90. The van der Waals surface area contributed by atoms with Crippen LogP contribution < -0.4 is 15.4 Å². The molecular formula is C16H20N2O2S2. The van der Waals surface area contributed by atoms with E-state index < -0.39 is 0 Å². The van der Waals surface area contributed by atoms with Crippen molar-refractivity contribution in [1.29, 1.82) is 0 Å². The zero-order valence-corrected chi connectivity index (χ0v) is 14.1. The molecule has 0 saturated carbocycles. The summed E-state index contributed by atoms with van der Waals surface area (Å²) < 4.78 is 10.7. The third kappa shape index (κ3) is 5.99. The van der Waals surface area contributed by atoms with Crippen molar-refractivity contribution in [3.63, 3.8) is 0 Å². The number of furan rings is 1. The van der Waals surface area contributed by atoms with Crippen LogP contribution in [-0.4, -0.2) is 24.0 Å². The number of nitrogens with one attached hydrogen (secondary N) is 2. The van der Waals surface area contributed by atoms with Crippen LogP contribution in [0.5, 0.6) is 5.75 Å². The van der Waals surface area contributed by atoms with E-state index in [2.05, 4.69) is 10.6 Å². The first-order chi connectivity index (χ1) is 10.8. The zero-order valence-electron chi connectivity index (χ0n) is 12.5. The van der Waals surface area contributed by atoms with Crippen LogP contribution >= 0.6 is 24.0 Å². The van der Waals surface area contributed by atoms with Crippen molar-refractivity contribution in [3.05, 3.63) is 48.4 Å². The van der Waals surface area contributed by atoms with Gasteiger partial charge in [0.2, 0.25) is 0 Å². The Morgan fingerprint density at radius 1 is 1.32 bits per heavy atom. The highest BCUT2D eigenvalue weighted by atomic mass is 32.2. The molecule has 0 radical (unpaired) electrons. The van der Waals surface area contributed by atoms with E-state index in [4.69, 9.17) is 21.4 Å². The molecule has 2 N–H and O–H groups in total. The van der Waals surface area contributed by atoms with Crippen molar-refractivity contribution in [2.75, 3.05) is 24.2 Å². The molecule has 1 aromatic heterocycles. The van der Waals surface area contributed by atoms with Crippen molar-refractivity contribution in [2.45, 2.75) is 12.7 Å². The van der Waals surface area contributed by atoms with Gasteiger partial charge in [-0.3, -0.25) is 0 Å². The van der Waals surface area contributed by atoms with Crippen LogP contribution in [0, 0.1) is 0 Å². The Morgan fingerprint density at radius 2 is 2.23 bits per heavy atom. The molecule has 0 atom stereocenters. The van der Waals surface area contributed by atoms with E-state index in [-0.39, 0.29) is 0 Å². The first kappa shape index (κ1) is 16.7. The van der Waals surface area contributed by atoms with E-state index in [9.17, 15) is 0 Å². The Bertz CT molecular complexity index is 573. The molecule has 118 valence electrons. The van der Waals surface area contributed by atoms with Gasteiger partial charge in [-0.1, -0.05) is 6.07 Å². The maximum atomic E-state index is 5.46.